The lowest BCUT2D eigenvalue weighted by Gasteiger charge is -2.23. The Bertz CT molecular complexity index is 1560. The Morgan fingerprint density at radius 1 is 1.14 bits per heavy atom. The normalized spacial score (nSPS) is 14.9. The monoisotopic (exact) mass is 588 g/mol. The molecule has 11 heteroatoms. The molecule has 0 saturated heterocycles. The van der Waals surface area contributed by atoms with E-state index in [1.807, 2.05) is 13.8 Å². The molecule has 194 valence electrons. The van der Waals surface area contributed by atoms with Gasteiger partial charge in [0.15, 0.2) is 27.8 Å². The summed E-state index contributed by atoms with van der Waals surface area (Å²) in [5.74, 6) is 0.712. The summed E-state index contributed by atoms with van der Waals surface area (Å²) >= 11 is 4.60. The van der Waals surface area contributed by atoms with Crippen molar-refractivity contribution in [3.63, 3.8) is 0 Å². The minimum atomic E-state index is -0.793. The van der Waals surface area contributed by atoms with Gasteiger partial charge in [0.2, 0.25) is 0 Å². The fourth-order valence-electron chi connectivity index (χ4n) is 3.96. The van der Waals surface area contributed by atoms with Gasteiger partial charge in [0.25, 0.3) is 5.56 Å². The number of phenolic OH excluding ortho intramolecular Hbond substituents is 1. The molecular formula is C26H25BrN2O7S. The number of phenols is 1. The highest BCUT2D eigenvalue weighted by molar-refractivity contribution is 9.10. The number of esters is 1. The zero-order valence-electron chi connectivity index (χ0n) is 20.6. The fourth-order valence-corrected chi connectivity index (χ4v) is 5.37. The minimum Gasteiger partial charge on any atom is -0.504 e. The van der Waals surface area contributed by atoms with Gasteiger partial charge in [-0.2, -0.15) is 0 Å². The molecular weight excluding hydrogens is 564 g/mol. The summed E-state index contributed by atoms with van der Waals surface area (Å²) in [6.45, 7) is 4.61. The average Bonchev–Trinajstić information content (AvgIpc) is 3.21. The SMILES string of the molecule is CCOc1ccc([C@H]2C(C(=O)OC)=CN=c3s/c(=C\c4cc(OC)c(O)cc4Br)c(=O)n32)cc1OCC. The Kier molecular flexibility index (Phi) is 8.03. The van der Waals surface area contributed by atoms with Gasteiger partial charge in [-0.25, -0.2) is 9.79 Å². The molecule has 1 N–H and O–H groups in total. The zero-order chi connectivity index (χ0) is 26.7. The third kappa shape index (κ3) is 5.14. The third-order valence-corrected chi connectivity index (χ3v) is 7.28. The molecule has 0 amide bonds. The van der Waals surface area contributed by atoms with Crippen LogP contribution in [0.5, 0.6) is 23.0 Å². The van der Waals surface area contributed by atoms with E-state index in [0.717, 1.165) is 0 Å². The van der Waals surface area contributed by atoms with Crippen LogP contribution in [0.1, 0.15) is 31.0 Å². The first-order valence-electron chi connectivity index (χ1n) is 11.4. The van der Waals surface area contributed by atoms with Crippen LogP contribution in [0.15, 0.2) is 56.4 Å². The second-order valence-electron chi connectivity index (χ2n) is 7.79. The van der Waals surface area contributed by atoms with E-state index in [9.17, 15) is 14.7 Å². The van der Waals surface area contributed by atoms with E-state index < -0.39 is 12.0 Å². The molecule has 0 spiro atoms. The maximum atomic E-state index is 13.7. The highest BCUT2D eigenvalue weighted by Gasteiger charge is 2.31. The lowest BCUT2D eigenvalue weighted by atomic mass is 9.97. The second-order valence-corrected chi connectivity index (χ2v) is 9.66. The summed E-state index contributed by atoms with van der Waals surface area (Å²) in [5, 5.41) is 10.0. The van der Waals surface area contributed by atoms with Crippen molar-refractivity contribution in [1.29, 1.82) is 0 Å². The Balaban J connectivity index is 1.92. The van der Waals surface area contributed by atoms with Crippen molar-refractivity contribution in [3.8, 4) is 23.0 Å². The van der Waals surface area contributed by atoms with Gasteiger partial charge in [0, 0.05) is 10.7 Å². The summed E-state index contributed by atoms with van der Waals surface area (Å²) in [7, 11) is 2.73. The molecule has 9 nitrogen and oxygen atoms in total. The van der Waals surface area contributed by atoms with Crippen molar-refractivity contribution in [1.82, 2.24) is 4.57 Å². The molecule has 1 aromatic heterocycles. The average molecular weight is 589 g/mol. The first kappa shape index (κ1) is 26.5. The molecule has 2 aromatic carbocycles. The number of hydrogen-bond acceptors (Lipinski definition) is 9. The molecule has 2 heterocycles. The zero-order valence-corrected chi connectivity index (χ0v) is 23.0. The number of carbonyl (C=O) groups is 1. The first-order chi connectivity index (χ1) is 17.8. The van der Waals surface area contributed by atoms with Gasteiger partial charge in [0.05, 0.1) is 43.6 Å². The summed E-state index contributed by atoms with van der Waals surface area (Å²) in [6.07, 6.45) is 3.11. The molecule has 0 aliphatic carbocycles. The number of methoxy groups -OCH3 is 2. The van der Waals surface area contributed by atoms with Crippen LogP contribution >= 0.6 is 27.3 Å². The number of fused-ring (bicyclic) bond motifs is 1. The summed E-state index contributed by atoms with van der Waals surface area (Å²) in [6, 6.07) is 7.64. The fraction of sp³-hybridized carbons (Fsp3) is 0.269. The molecule has 0 saturated carbocycles. The van der Waals surface area contributed by atoms with Gasteiger partial charge in [0.1, 0.15) is 0 Å². The van der Waals surface area contributed by atoms with Gasteiger partial charge in [-0.1, -0.05) is 33.3 Å². The van der Waals surface area contributed by atoms with E-state index in [0.29, 0.717) is 49.6 Å². The van der Waals surface area contributed by atoms with Crippen molar-refractivity contribution in [3.05, 3.63) is 77.4 Å². The number of carbonyl (C=O) groups excluding carboxylic acids is 1. The minimum absolute atomic E-state index is 0.0312. The maximum Gasteiger partial charge on any atom is 0.337 e. The van der Waals surface area contributed by atoms with Crippen molar-refractivity contribution >= 4 is 39.3 Å². The Morgan fingerprint density at radius 2 is 1.86 bits per heavy atom. The number of halogens is 1. The quantitative estimate of drug-likeness (QED) is 0.402. The number of thiazole rings is 1. The molecule has 0 unspecified atom stereocenters. The lowest BCUT2D eigenvalue weighted by molar-refractivity contribution is -0.136. The summed E-state index contributed by atoms with van der Waals surface area (Å²) in [5.41, 5.74) is 1.14. The van der Waals surface area contributed by atoms with E-state index in [2.05, 4.69) is 20.9 Å². The maximum absolute atomic E-state index is 13.7. The van der Waals surface area contributed by atoms with Crippen LogP contribution < -0.4 is 29.1 Å². The van der Waals surface area contributed by atoms with E-state index in [1.54, 1.807) is 30.3 Å². The molecule has 1 atom stereocenters. The smallest absolute Gasteiger partial charge is 0.337 e. The van der Waals surface area contributed by atoms with E-state index in [-0.39, 0.29) is 22.6 Å². The number of aromatic nitrogens is 1. The predicted molar refractivity (Wildman–Crippen MR) is 142 cm³/mol. The van der Waals surface area contributed by atoms with Crippen LogP contribution in [-0.4, -0.2) is 43.1 Å². The van der Waals surface area contributed by atoms with Crippen LogP contribution in [0.4, 0.5) is 0 Å². The molecule has 1 aliphatic rings. The molecule has 37 heavy (non-hydrogen) atoms. The molecule has 3 aromatic rings. The number of benzene rings is 2. The van der Waals surface area contributed by atoms with Crippen LogP contribution in [0.2, 0.25) is 0 Å². The van der Waals surface area contributed by atoms with Crippen molar-refractivity contribution < 1.29 is 28.8 Å². The number of hydrogen-bond donors (Lipinski definition) is 1. The molecule has 0 radical (unpaired) electrons. The van der Waals surface area contributed by atoms with Crippen molar-refractivity contribution in [2.45, 2.75) is 19.9 Å². The van der Waals surface area contributed by atoms with Crippen LogP contribution in [0.25, 0.3) is 6.08 Å². The van der Waals surface area contributed by atoms with Crippen LogP contribution in [-0.2, 0) is 9.53 Å². The second kappa shape index (κ2) is 11.2. The van der Waals surface area contributed by atoms with Crippen molar-refractivity contribution in [2.24, 2.45) is 4.99 Å². The highest BCUT2D eigenvalue weighted by Crippen LogP contribution is 2.35. The highest BCUT2D eigenvalue weighted by atomic mass is 79.9. The number of nitrogens with zero attached hydrogens (tertiary/aromatic N) is 2. The Labute approximate surface area is 225 Å². The standard InChI is InChI=1S/C26H25BrN2O7S/c1-5-35-19-8-7-14(9-21(19)36-6-2)23-16(25(32)34-4)13-28-26-29(23)24(31)22(37-26)11-15-10-20(33-3)18(30)12-17(15)27/h7-13,23,30H,5-6H2,1-4H3/b22-11-/t23-/m0/s1. The van der Waals surface area contributed by atoms with Gasteiger partial charge < -0.3 is 24.1 Å². The van der Waals surface area contributed by atoms with Gasteiger partial charge in [-0.15, -0.1) is 0 Å². The third-order valence-electron chi connectivity index (χ3n) is 5.59. The van der Waals surface area contributed by atoms with E-state index >= 15 is 0 Å². The van der Waals surface area contributed by atoms with Gasteiger partial charge >= 0.3 is 5.97 Å². The topological polar surface area (TPSA) is 109 Å². The number of aromatic hydroxyl groups is 1. The Morgan fingerprint density at radius 3 is 2.54 bits per heavy atom. The molecule has 4 rings (SSSR count). The lowest BCUT2D eigenvalue weighted by Crippen LogP contribution is -2.39. The largest absolute Gasteiger partial charge is 0.504 e. The van der Waals surface area contributed by atoms with Gasteiger partial charge in [-0.3, -0.25) is 9.36 Å². The molecule has 0 bridgehead atoms. The molecule has 0 fully saturated rings. The van der Waals surface area contributed by atoms with E-state index in [4.69, 9.17) is 18.9 Å². The summed E-state index contributed by atoms with van der Waals surface area (Å²) in [4.78, 5) is 31.3. The summed E-state index contributed by atoms with van der Waals surface area (Å²) < 4.78 is 24.1. The van der Waals surface area contributed by atoms with Crippen molar-refractivity contribution in [2.75, 3.05) is 27.4 Å². The number of rotatable bonds is 8. The van der Waals surface area contributed by atoms with E-state index in [1.165, 1.54) is 42.4 Å². The molecule has 1 aliphatic heterocycles. The number of ether oxygens (including phenoxy) is 4. The first-order valence-corrected chi connectivity index (χ1v) is 13.0. The predicted octanol–water partition coefficient (Wildman–Crippen LogP) is 3.29. The van der Waals surface area contributed by atoms with Crippen LogP contribution in [0.3, 0.4) is 0 Å². The Hall–Kier alpha value is -3.57. The van der Waals surface area contributed by atoms with Crippen LogP contribution in [0, 0.1) is 0 Å². The van der Waals surface area contributed by atoms with Gasteiger partial charge in [-0.05, 0) is 55.3 Å².